The highest BCUT2D eigenvalue weighted by molar-refractivity contribution is 5.82. The average molecular weight is 212 g/mol. The lowest BCUT2D eigenvalue weighted by atomic mass is 9.96. The minimum absolute atomic E-state index is 0.0567. The Morgan fingerprint density at radius 2 is 1.67 bits per heavy atom. The number of carbonyl (C=O) groups is 1. The van der Waals surface area contributed by atoms with Crippen LogP contribution in [0.3, 0.4) is 0 Å². The predicted octanol–water partition coefficient (Wildman–Crippen LogP) is -0.318. The summed E-state index contributed by atoms with van der Waals surface area (Å²) in [5.74, 6) is -0.310. The fraction of sp³-hybridized carbons (Fsp3) is 0.300. The van der Waals surface area contributed by atoms with E-state index >= 15 is 0 Å². The fourth-order valence-corrected chi connectivity index (χ4v) is 1.49. The first-order valence-corrected chi connectivity index (χ1v) is 4.33. The molecule has 15 heavy (non-hydrogen) atoms. The molecule has 5 heteroatoms. The van der Waals surface area contributed by atoms with E-state index < -0.39 is 13.2 Å². The zero-order valence-corrected chi connectivity index (χ0v) is 7.97. The number of hydrogen-bond donors (Lipinski definition) is 4. The number of aliphatic hydroxyl groups excluding tert-OH is 3. The summed E-state index contributed by atoms with van der Waals surface area (Å²) in [5.41, 5.74) is 0.667. The van der Waals surface area contributed by atoms with Crippen molar-refractivity contribution < 1.29 is 25.2 Å². The molecule has 0 amide bonds. The standard InChI is InChI=1S/C10H12O5/c11-2-6-1-10(15)9(5-14)8(4-13)7(6)3-12/h1,5,11-13,15H,2-4H2. The molecule has 4 N–H and O–H groups in total. The molecule has 0 atom stereocenters. The number of hydrogen-bond acceptors (Lipinski definition) is 5. The average Bonchev–Trinajstić information content (AvgIpc) is 2.27. The van der Waals surface area contributed by atoms with Gasteiger partial charge >= 0.3 is 0 Å². The first kappa shape index (κ1) is 11.6. The Bertz CT molecular complexity index is 373. The lowest BCUT2D eigenvalue weighted by Crippen LogP contribution is -2.05. The van der Waals surface area contributed by atoms with Gasteiger partial charge in [0.1, 0.15) is 5.75 Å². The van der Waals surface area contributed by atoms with Gasteiger partial charge in [0, 0.05) is 0 Å². The number of aromatic hydroxyl groups is 1. The summed E-state index contributed by atoms with van der Waals surface area (Å²) in [7, 11) is 0. The maximum absolute atomic E-state index is 10.7. The van der Waals surface area contributed by atoms with E-state index in [0.717, 1.165) is 0 Å². The van der Waals surface area contributed by atoms with Crippen molar-refractivity contribution >= 4 is 6.29 Å². The highest BCUT2D eigenvalue weighted by Gasteiger charge is 2.15. The minimum Gasteiger partial charge on any atom is -0.507 e. The molecule has 82 valence electrons. The second-order valence-corrected chi connectivity index (χ2v) is 3.02. The van der Waals surface area contributed by atoms with Gasteiger partial charge in [-0.05, 0) is 22.8 Å². The van der Waals surface area contributed by atoms with E-state index in [0.29, 0.717) is 11.8 Å². The Kier molecular flexibility index (Phi) is 3.79. The predicted molar refractivity (Wildman–Crippen MR) is 51.3 cm³/mol. The van der Waals surface area contributed by atoms with Gasteiger partial charge in [-0.25, -0.2) is 0 Å². The summed E-state index contributed by atoms with van der Waals surface area (Å²) in [6.45, 7) is -1.27. The fourth-order valence-electron chi connectivity index (χ4n) is 1.49. The molecule has 0 heterocycles. The highest BCUT2D eigenvalue weighted by atomic mass is 16.3. The van der Waals surface area contributed by atoms with Crippen molar-refractivity contribution in [1.29, 1.82) is 0 Å². The van der Waals surface area contributed by atoms with Gasteiger partial charge in [0.05, 0.1) is 25.4 Å². The van der Waals surface area contributed by atoms with Gasteiger partial charge in [0.15, 0.2) is 6.29 Å². The Morgan fingerprint density at radius 3 is 2.07 bits per heavy atom. The molecule has 0 fully saturated rings. The van der Waals surface area contributed by atoms with Crippen molar-refractivity contribution in [2.45, 2.75) is 19.8 Å². The Balaban J connectivity index is 3.51. The Hall–Kier alpha value is -1.43. The van der Waals surface area contributed by atoms with E-state index in [4.69, 9.17) is 15.3 Å². The third-order valence-corrected chi connectivity index (χ3v) is 2.27. The van der Waals surface area contributed by atoms with E-state index in [9.17, 15) is 9.90 Å². The number of carbonyl (C=O) groups excluding carboxylic acids is 1. The van der Waals surface area contributed by atoms with Gasteiger partial charge in [-0.1, -0.05) is 0 Å². The second kappa shape index (κ2) is 4.88. The molecule has 0 saturated heterocycles. The van der Waals surface area contributed by atoms with Crippen LogP contribution in [0.5, 0.6) is 5.75 Å². The summed E-state index contributed by atoms with van der Waals surface area (Å²) in [4.78, 5) is 10.7. The molecular weight excluding hydrogens is 200 g/mol. The van der Waals surface area contributed by atoms with Gasteiger partial charge in [-0.15, -0.1) is 0 Å². The van der Waals surface area contributed by atoms with E-state index in [1.54, 1.807) is 0 Å². The summed E-state index contributed by atoms with van der Waals surface area (Å²) < 4.78 is 0. The third kappa shape index (κ3) is 1.99. The summed E-state index contributed by atoms with van der Waals surface area (Å²) in [6, 6.07) is 1.20. The number of aliphatic hydroxyl groups is 3. The number of phenolic OH excluding ortho intramolecular Hbond substituents is 1. The summed E-state index contributed by atoms with van der Waals surface area (Å²) >= 11 is 0. The van der Waals surface area contributed by atoms with Crippen molar-refractivity contribution in [3.63, 3.8) is 0 Å². The van der Waals surface area contributed by atoms with Crippen molar-refractivity contribution in [3.05, 3.63) is 28.3 Å². The van der Waals surface area contributed by atoms with Crippen molar-refractivity contribution in [2.24, 2.45) is 0 Å². The van der Waals surface area contributed by atoms with Gasteiger partial charge in [-0.2, -0.15) is 0 Å². The van der Waals surface area contributed by atoms with E-state index in [1.165, 1.54) is 6.07 Å². The molecule has 0 spiro atoms. The summed E-state index contributed by atoms with van der Waals surface area (Å²) in [6.07, 6.45) is 0.404. The topological polar surface area (TPSA) is 98.0 Å². The molecular formula is C10H12O5. The minimum atomic E-state index is -0.481. The van der Waals surface area contributed by atoms with Crippen LogP contribution in [0.2, 0.25) is 0 Å². The molecule has 1 aromatic carbocycles. The molecule has 0 unspecified atom stereocenters. The van der Waals surface area contributed by atoms with Gasteiger partial charge in [-0.3, -0.25) is 4.79 Å². The number of phenols is 1. The van der Waals surface area contributed by atoms with E-state index in [-0.39, 0.29) is 29.0 Å². The molecule has 1 aromatic rings. The van der Waals surface area contributed by atoms with E-state index in [2.05, 4.69) is 0 Å². The van der Waals surface area contributed by atoms with Gasteiger partial charge < -0.3 is 20.4 Å². The van der Waals surface area contributed by atoms with Crippen LogP contribution in [0, 0.1) is 0 Å². The largest absolute Gasteiger partial charge is 0.507 e. The monoisotopic (exact) mass is 212 g/mol. The Labute approximate surface area is 86.2 Å². The molecule has 0 aromatic heterocycles. The van der Waals surface area contributed by atoms with Crippen LogP contribution < -0.4 is 0 Å². The molecule has 0 bridgehead atoms. The molecule has 0 aliphatic carbocycles. The van der Waals surface area contributed by atoms with Crippen LogP contribution >= 0.6 is 0 Å². The molecule has 1 rings (SSSR count). The maximum Gasteiger partial charge on any atom is 0.154 e. The van der Waals surface area contributed by atoms with Crippen molar-refractivity contribution in [3.8, 4) is 5.75 Å². The van der Waals surface area contributed by atoms with Crippen LogP contribution in [0.4, 0.5) is 0 Å². The zero-order chi connectivity index (χ0) is 11.4. The van der Waals surface area contributed by atoms with E-state index in [1.807, 2.05) is 0 Å². The molecule has 0 saturated carbocycles. The Morgan fingerprint density at radius 1 is 1.07 bits per heavy atom. The van der Waals surface area contributed by atoms with Crippen LogP contribution in [-0.4, -0.2) is 26.7 Å². The number of benzene rings is 1. The first-order chi connectivity index (χ1) is 7.19. The van der Waals surface area contributed by atoms with Crippen molar-refractivity contribution in [2.75, 3.05) is 0 Å². The molecule has 0 aliphatic rings. The second-order valence-electron chi connectivity index (χ2n) is 3.02. The smallest absolute Gasteiger partial charge is 0.154 e. The number of aldehydes is 1. The SMILES string of the molecule is O=Cc1c(O)cc(CO)c(CO)c1CO. The highest BCUT2D eigenvalue weighted by Crippen LogP contribution is 2.27. The van der Waals surface area contributed by atoms with Gasteiger partial charge in [0.25, 0.3) is 0 Å². The van der Waals surface area contributed by atoms with Crippen LogP contribution in [0.1, 0.15) is 27.0 Å². The molecule has 0 radical (unpaired) electrons. The number of rotatable bonds is 4. The normalized spacial score (nSPS) is 10.3. The molecule has 0 aliphatic heterocycles. The van der Waals surface area contributed by atoms with Crippen LogP contribution in [-0.2, 0) is 19.8 Å². The maximum atomic E-state index is 10.7. The zero-order valence-electron chi connectivity index (χ0n) is 7.97. The van der Waals surface area contributed by atoms with Crippen LogP contribution in [0.25, 0.3) is 0 Å². The lowest BCUT2D eigenvalue weighted by molar-refractivity contribution is 0.111. The summed E-state index contributed by atoms with van der Waals surface area (Å²) in [5, 5.41) is 36.5. The first-order valence-electron chi connectivity index (χ1n) is 4.33. The van der Waals surface area contributed by atoms with Crippen LogP contribution in [0.15, 0.2) is 6.07 Å². The van der Waals surface area contributed by atoms with Crippen molar-refractivity contribution in [1.82, 2.24) is 0 Å². The lowest BCUT2D eigenvalue weighted by Gasteiger charge is -2.13. The van der Waals surface area contributed by atoms with Gasteiger partial charge in [0.2, 0.25) is 0 Å². The quantitative estimate of drug-likeness (QED) is 0.513. The molecule has 5 nitrogen and oxygen atoms in total. The third-order valence-electron chi connectivity index (χ3n) is 2.27.